The first-order valence-corrected chi connectivity index (χ1v) is 6.49. The highest BCUT2D eigenvalue weighted by atomic mass is 35.5. The van der Waals surface area contributed by atoms with Crippen LogP contribution in [0.1, 0.15) is 11.7 Å². The number of ether oxygens (including phenoxy) is 1. The fourth-order valence-corrected chi connectivity index (χ4v) is 1.94. The second-order valence-electron chi connectivity index (χ2n) is 4.09. The van der Waals surface area contributed by atoms with E-state index in [9.17, 15) is 23.1 Å². The average molecular weight is 346 g/mol. The summed E-state index contributed by atoms with van der Waals surface area (Å²) in [6.07, 6.45) is -5.60. The smallest absolute Gasteiger partial charge is 0.387 e. The van der Waals surface area contributed by atoms with Gasteiger partial charge in [0.15, 0.2) is 0 Å². The first-order chi connectivity index (χ1) is 9.69. The molecule has 0 aromatic heterocycles. The van der Waals surface area contributed by atoms with E-state index in [0.717, 1.165) is 0 Å². The van der Waals surface area contributed by atoms with Gasteiger partial charge in [-0.3, -0.25) is 4.79 Å². The highest BCUT2D eigenvalue weighted by molar-refractivity contribution is 6.35. The van der Waals surface area contributed by atoms with Gasteiger partial charge in [-0.25, -0.2) is 0 Å². The number of hydrogen-bond donors (Lipinski definition) is 2. The van der Waals surface area contributed by atoms with Crippen molar-refractivity contribution in [3.05, 3.63) is 33.8 Å². The number of alkyl halides is 3. The van der Waals surface area contributed by atoms with E-state index in [4.69, 9.17) is 23.2 Å². The standard InChI is InChI=1S/C12H12Cl2F3NO3/c13-7-1-2-8(9(14)3-7)10(19)4-18-11(20)5-21-6-12(15,16)17/h1-3,10,19H,4-6H2,(H,18,20). The van der Waals surface area contributed by atoms with Gasteiger partial charge in [-0.15, -0.1) is 0 Å². The zero-order chi connectivity index (χ0) is 16.0. The van der Waals surface area contributed by atoms with Gasteiger partial charge in [-0.1, -0.05) is 29.3 Å². The lowest BCUT2D eigenvalue weighted by Crippen LogP contribution is -2.32. The Balaban J connectivity index is 2.38. The number of rotatable bonds is 6. The molecule has 118 valence electrons. The van der Waals surface area contributed by atoms with Gasteiger partial charge in [0.05, 0.1) is 6.10 Å². The summed E-state index contributed by atoms with van der Waals surface area (Å²) in [5.41, 5.74) is 0.345. The van der Waals surface area contributed by atoms with Crippen molar-refractivity contribution < 1.29 is 27.8 Å². The molecular weight excluding hydrogens is 334 g/mol. The largest absolute Gasteiger partial charge is 0.411 e. The molecule has 1 aromatic rings. The van der Waals surface area contributed by atoms with Gasteiger partial charge in [0, 0.05) is 22.2 Å². The minimum Gasteiger partial charge on any atom is -0.387 e. The van der Waals surface area contributed by atoms with Gasteiger partial charge in [0.25, 0.3) is 0 Å². The maximum Gasteiger partial charge on any atom is 0.411 e. The molecule has 4 nitrogen and oxygen atoms in total. The Hall–Kier alpha value is -1.02. The zero-order valence-corrected chi connectivity index (χ0v) is 12.1. The van der Waals surface area contributed by atoms with E-state index in [1.54, 1.807) is 0 Å². The fraction of sp³-hybridized carbons (Fsp3) is 0.417. The maximum atomic E-state index is 11.8. The molecule has 0 heterocycles. The molecule has 1 aromatic carbocycles. The molecule has 1 unspecified atom stereocenters. The highest BCUT2D eigenvalue weighted by Gasteiger charge is 2.27. The zero-order valence-electron chi connectivity index (χ0n) is 10.6. The quantitative estimate of drug-likeness (QED) is 0.833. The van der Waals surface area contributed by atoms with E-state index < -0.39 is 31.4 Å². The van der Waals surface area contributed by atoms with E-state index >= 15 is 0 Å². The molecule has 21 heavy (non-hydrogen) atoms. The topological polar surface area (TPSA) is 58.6 Å². The van der Waals surface area contributed by atoms with Crippen LogP contribution >= 0.6 is 23.2 Å². The number of amides is 1. The van der Waals surface area contributed by atoms with Crippen LogP contribution in [0.4, 0.5) is 13.2 Å². The molecule has 0 aliphatic carbocycles. The van der Waals surface area contributed by atoms with E-state index in [0.29, 0.717) is 10.6 Å². The van der Waals surface area contributed by atoms with Crippen molar-refractivity contribution in [2.45, 2.75) is 12.3 Å². The van der Waals surface area contributed by atoms with Crippen molar-refractivity contribution in [2.75, 3.05) is 19.8 Å². The van der Waals surface area contributed by atoms with Crippen LogP contribution < -0.4 is 5.32 Å². The minimum atomic E-state index is -4.49. The van der Waals surface area contributed by atoms with Crippen molar-refractivity contribution in [2.24, 2.45) is 0 Å². The van der Waals surface area contributed by atoms with Gasteiger partial charge in [-0.2, -0.15) is 13.2 Å². The summed E-state index contributed by atoms with van der Waals surface area (Å²) in [5.74, 6) is -0.775. The Labute approximate surface area is 128 Å². The summed E-state index contributed by atoms with van der Waals surface area (Å²) in [4.78, 5) is 11.2. The van der Waals surface area contributed by atoms with Crippen molar-refractivity contribution in [3.63, 3.8) is 0 Å². The van der Waals surface area contributed by atoms with Crippen LogP contribution in [0.15, 0.2) is 18.2 Å². The van der Waals surface area contributed by atoms with Crippen LogP contribution in [-0.2, 0) is 9.53 Å². The van der Waals surface area contributed by atoms with Crippen LogP contribution in [0.25, 0.3) is 0 Å². The SMILES string of the molecule is O=C(COCC(F)(F)F)NCC(O)c1ccc(Cl)cc1Cl. The molecule has 0 bridgehead atoms. The van der Waals surface area contributed by atoms with Crippen molar-refractivity contribution in [1.29, 1.82) is 0 Å². The molecule has 9 heteroatoms. The summed E-state index contributed by atoms with van der Waals surface area (Å²) in [6.45, 7) is -2.47. The van der Waals surface area contributed by atoms with E-state index in [1.165, 1.54) is 18.2 Å². The number of hydrogen-bond acceptors (Lipinski definition) is 3. The Morgan fingerprint density at radius 3 is 2.62 bits per heavy atom. The Kier molecular flexibility index (Phi) is 6.73. The van der Waals surface area contributed by atoms with Gasteiger partial charge < -0.3 is 15.2 Å². The van der Waals surface area contributed by atoms with Crippen LogP contribution in [0.5, 0.6) is 0 Å². The Bertz CT molecular complexity index is 497. The van der Waals surface area contributed by atoms with Crippen LogP contribution in [0.2, 0.25) is 10.0 Å². The summed E-state index contributed by atoms with van der Waals surface area (Å²) in [7, 11) is 0. The number of benzene rings is 1. The fourth-order valence-electron chi connectivity index (χ4n) is 1.40. The molecule has 0 spiro atoms. The predicted octanol–water partition coefficient (Wildman–Crippen LogP) is 2.72. The average Bonchev–Trinajstić information content (AvgIpc) is 2.34. The number of aliphatic hydroxyl groups is 1. The van der Waals surface area contributed by atoms with Crippen LogP contribution in [0.3, 0.4) is 0 Å². The minimum absolute atomic E-state index is 0.213. The van der Waals surface area contributed by atoms with Gasteiger partial charge in [0.1, 0.15) is 13.2 Å². The third-order valence-electron chi connectivity index (χ3n) is 2.31. The van der Waals surface area contributed by atoms with E-state index in [1.807, 2.05) is 0 Å². The van der Waals surface area contributed by atoms with Crippen molar-refractivity contribution >= 4 is 29.1 Å². The predicted molar refractivity (Wildman–Crippen MR) is 71.3 cm³/mol. The highest BCUT2D eigenvalue weighted by Crippen LogP contribution is 2.25. The number of nitrogens with one attached hydrogen (secondary N) is 1. The first-order valence-electron chi connectivity index (χ1n) is 5.73. The molecule has 0 fully saturated rings. The van der Waals surface area contributed by atoms with E-state index in [2.05, 4.69) is 10.1 Å². The molecule has 0 radical (unpaired) electrons. The molecule has 2 N–H and O–H groups in total. The molecule has 1 amide bonds. The molecule has 1 atom stereocenters. The molecule has 0 aliphatic heterocycles. The lowest BCUT2D eigenvalue weighted by atomic mass is 10.1. The molecule has 0 aliphatic rings. The summed E-state index contributed by atoms with van der Waals surface area (Å²) in [5, 5.41) is 12.7. The molecule has 0 saturated carbocycles. The van der Waals surface area contributed by atoms with Crippen molar-refractivity contribution in [1.82, 2.24) is 5.32 Å². The number of halogens is 5. The number of aliphatic hydroxyl groups excluding tert-OH is 1. The summed E-state index contributed by atoms with van der Waals surface area (Å²) >= 11 is 11.6. The third-order valence-corrected chi connectivity index (χ3v) is 2.88. The molecular formula is C12H12Cl2F3NO3. The number of carbonyl (C=O) groups is 1. The van der Waals surface area contributed by atoms with Crippen molar-refractivity contribution in [3.8, 4) is 0 Å². The van der Waals surface area contributed by atoms with Gasteiger partial charge >= 0.3 is 6.18 Å². The third kappa shape index (κ3) is 6.99. The van der Waals surface area contributed by atoms with E-state index in [-0.39, 0.29) is 11.6 Å². The van der Waals surface area contributed by atoms with Crippen LogP contribution in [-0.4, -0.2) is 36.9 Å². The van der Waals surface area contributed by atoms with Gasteiger partial charge in [0.2, 0.25) is 5.91 Å². The Morgan fingerprint density at radius 2 is 2.05 bits per heavy atom. The first kappa shape index (κ1) is 18.0. The molecule has 1 rings (SSSR count). The maximum absolute atomic E-state index is 11.8. The van der Waals surface area contributed by atoms with Crippen LogP contribution in [0, 0.1) is 0 Å². The lowest BCUT2D eigenvalue weighted by molar-refractivity contribution is -0.175. The van der Waals surface area contributed by atoms with Gasteiger partial charge in [-0.05, 0) is 12.1 Å². The second kappa shape index (κ2) is 7.84. The number of carbonyl (C=O) groups excluding carboxylic acids is 1. The second-order valence-corrected chi connectivity index (χ2v) is 4.94. The monoisotopic (exact) mass is 345 g/mol. The molecule has 0 saturated heterocycles. The lowest BCUT2D eigenvalue weighted by Gasteiger charge is -2.14. The normalized spacial score (nSPS) is 13.0. The summed E-state index contributed by atoms with van der Waals surface area (Å²) in [6, 6.07) is 4.43. The Morgan fingerprint density at radius 1 is 1.38 bits per heavy atom. The summed E-state index contributed by atoms with van der Waals surface area (Å²) < 4.78 is 39.6.